The van der Waals surface area contributed by atoms with E-state index in [2.05, 4.69) is 60.7 Å². The standard InChI is InChI=1S/C16H21BrN4/c1-12-3-4-14(15(17)9-12)10-21-7-5-13(6-8-21)16-19-18-11-20(16)2/h3-4,9,11,13H,5-8,10H2,1-2H3. The predicted octanol–water partition coefficient (Wildman–Crippen LogP) is 3.27. The van der Waals surface area contributed by atoms with Gasteiger partial charge in [0.15, 0.2) is 0 Å². The fraction of sp³-hybridized carbons (Fsp3) is 0.500. The molecule has 0 radical (unpaired) electrons. The molecule has 1 aromatic heterocycles. The first-order chi connectivity index (χ1) is 10.1. The largest absolute Gasteiger partial charge is 0.320 e. The number of halogens is 1. The van der Waals surface area contributed by atoms with E-state index in [9.17, 15) is 0 Å². The number of benzene rings is 1. The maximum atomic E-state index is 4.26. The molecule has 0 atom stereocenters. The molecule has 0 unspecified atom stereocenters. The quantitative estimate of drug-likeness (QED) is 0.853. The average molecular weight is 349 g/mol. The van der Waals surface area contributed by atoms with Crippen molar-refractivity contribution in [3.8, 4) is 0 Å². The van der Waals surface area contributed by atoms with Gasteiger partial charge in [-0.3, -0.25) is 4.90 Å². The molecule has 0 amide bonds. The monoisotopic (exact) mass is 348 g/mol. The molecule has 0 aliphatic carbocycles. The smallest absolute Gasteiger partial charge is 0.135 e. The summed E-state index contributed by atoms with van der Waals surface area (Å²) < 4.78 is 3.27. The molecule has 2 heterocycles. The van der Waals surface area contributed by atoms with E-state index in [1.165, 1.54) is 15.6 Å². The van der Waals surface area contributed by atoms with E-state index in [1.54, 1.807) is 6.33 Å². The van der Waals surface area contributed by atoms with Gasteiger partial charge >= 0.3 is 0 Å². The molecule has 0 bridgehead atoms. The number of aromatic nitrogens is 3. The molecule has 4 nitrogen and oxygen atoms in total. The second kappa shape index (κ2) is 6.28. The van der Waals surface area contributed by atoms with Gasteiger partial charge in [0.2, 0.25) is 0 Å². The van der Waals surface area contributed by atoms with E-state index in [-0.39, 0.29) is 0 Å². The Bertz CT molecular complexity index is 614. The van der Waals surface area contributed by atoms with Crippen LogP contribution in [0.2, 0.25) is 0 Å². The van der Waals surface area contributed by atoms with Gasteiger partial charge in [0, 0.05) is 24.0 Å². The first-order valence-electron chi connectivity index (χ1n) is 7.45. The Morgan fingerprint density at radius 1 is 1.29 bits per heavy atom. The van der Waals surface area contributed by atoms with Gasteiger partial charge in [0.25, 0.3) is 0 Å². The summed E-state index contributed by atoms with van der Waals surface area (Å²) in [6.45, 7) is 5.39. The zero-order chi connectivity index (χ0) is 14.8. The second-order valence-corrected chi connectivity index (χ2v) is 6.80. The van der Waals surface area contributed by atoms with Crippen LogP contribution >= 0.6 is 15.9 Å². The number of rotatable bonds is 3. The van der Waals surface area contributed by atoms with Gasteiger partial charge < -0.3 is 4.57 Å². The minimum atomic E-state index is 0.551. The highest BCUT2D eigenvalue weighted by atomic mass is 79.9. The third-order valence-electron chi connectivity index (χ3n) is 4.30. The summed E-state index contributed by atoms with van der Waals surface area (Å²) in [5, 5.41) is 8.26. The lowest BCUT2D eigenvalue weighted by Crippen LogP contribution is -2.33. The first-order valence-corrected chi connectivity index (χ1v) is 8.24. The summed E-state index contributed by atoms with van der Waals surface area (Å²) in [7, 11) is 2.03. The van der Waals surface area contributed by atoms with E-state index in [0.717, 1.165) is 38.3 Å². The minimum Gasteiger partial charge on any atom is -0.320 e. The van der Waals surface area contributed by atoms with Crippen LogP contribution in [-0.2, 0) is 13.6 Å². The lowest BCUT2D eigenvalue weighted by molar-refractivity contribution is 0.200. The number of aryl methyl sites for hydroxylation is 2. The van der Waals surface area contributed by atoms with Gasteiger partial charge in [-0.2, -0.15) is 0 Å². The zero-order valence-electron chi connectivity index (χ0n) is 12.6. The van der Waals surface area contributed by atoms with Crippen molar-refractivity contribution in [2.45, 2.75) is 32.2 Å². The Labute approximate surface area is 134 Å². The highest BCUT2D eigenvalue weighted by molar-refractivity contribution is 9.10. The number of likely N-dealkylation sites (tertiary alicyclic amines) is 1. The number of hydrogen-bond acceptors (Lipinski definition) is 3. The van der Waals surface area contributed by atoms with Crippen LogP contribution < -0.4 is 0 Å². The molecule has 0 saturated carbocycles. The van der Waals surface area contributed by atoms with Gasteiger partial charge in [0.05, 0.1) is 0 Å². The van der Waals surface area contributed by atoms with Gasteiger partial charge in [-0.1, -0.05) is 28.1 Å². The second-order valence-electron chi connectivity index (χ2n) is 5.95. The summed E-state index contributed by atoms with van der Waals surface area (Å²) in [5.74, 6) is 1.68. The molecule has 1 fully saturated rings. The van der Waals surface area contributed by atoms with Crippen LogP contribution in [0.25, 0.3) is 0 Å². The molecule has 5 heteroatoms. The van der Waals surface area contributed by atoms with Crippen molar-refractivity contribution in [2.24, 2.45) is 7.05 Å². The van der Waals surface area contributed by atoms with E-state index < -0.39 is 0 Å². The van der Waals surface area contributed by atoms with Crippen LogP contribution in [0.15, 0.2) is 29.0 Å². The van der Waals surface area contributed by atoms with Crippen molar-refractivity contribution in [2.75, 3.05) is 13.1 Å². The van der Waals surface area contributed by atoms with Crippen molar-refractivity contribution in [3.05, 3.63) is 46.0 Å². The van der Waals surface area contributed by atoms with Crippen LogP contribution in [0.3, 0.4) is 0 Å². The van der Waals surface area contributed by atoms with Gasteiger partial charge in [-0.25, -0.2) is 0 Å². The molecule has 0 spiro atoms. The lowest BCUT2D eigenvalue weighted by Gasteiger charge is -2.31. The minimum absolute atomic E-state index is 0.551. The van der Waals surface area contributed by atoms with Crippen molar-refractivity contribution in [3.63, 3.8) is 0 Å². The SMILES string of the molecule is Cc1ccc(CN2CCC(c3nncn3C)CC2)c(Br)c1. The van der Waals surface area contributed by atoms with Gasteiger partial charge in [-0.05, 0) is 50.0 Å². The van der Waals surface area contributed by atoms with Crippen LogP contribution in [0.5, 0.6) is 0 Å². The molecule has 112 valence electrons. The Kier molecular flexibility index (Phi) is 4.40. The van der Waals surface area contributed by atoms with Crippen LogP contribution in [0.1, 0.15) is 35.7 Å². The van der Waals surface area contributed by atoms with E-state index >= 15 is 0 Å². The molecular formula is C16H21BrN4. The molecule has 1 aliphatic rings. The summed E-state index contributed by atoms with van der Waals surface area (Å²) in [4.78, 5) is 2.53. The average Bonchev–Trinajstić information content (AvgIpc) is 2.89. The number of piperidine rings is 1. The summed E-state index contributed by atoms with van der Waals surface area (Å²) in [6.07, 6.45) is 4.12. The molecule has 1 aromatic carbocycles. The molecule has 0 N–H and O–H groups in total. The Balaban J connectivity index is 1.60. The van der Waals surface area contributed by atoms with Gasteiger partial charge in [-0.15, -0.1) is 10.2 Å². The molecule has 21 heavy (non-hydrogen) atoms. The topological polar surface area (TPSA) is 34.0 Å². The summed E-state index contributed by atoms with van der Waals surface area (Å²) in [6, 6.07) is 6.61. The highest BCUT2D eigenvalue weighted by Crippen LogP contribution is 2.28. The van der Waals surface area contributed by atoms with E-state index in [4.69, 9.17) is 0 Å². The van der Waals surface area contributed by atoms with E-state index in [1.807, 2.05) is 7.05 Å². The summed E-state index contributed by atoms with van der Waals surface area (Å²) in [5.41, 5.74) is 2.67. The third-order valence-corrected chi connectivity index (χ3v) is 5.04. The summed E-state index contributed by atoms with van der Waals surface area (Å²) >= 11 is 3.68. The van der Waals surface area contributed by atoms with Crippen molar-refractivity contribution in [1.82, 2.24) is 19.7 Å². The van der Waals surface area contributed by atoms with Crippen LogP contribution in [0, 0.1) is 6.92 Å². The first kappa shape index (κ1) is 14.7. The number of nitrogens with zero attached hydrogens (tertiary/aromatic N) is 4. The fourth-order valence-electron chi connectivity index (χ4n) is 3.03. The van der Waals surface area contributed by atoms with Gasteiger partial charge in [0.1, 0.15) is 12.2 Å². The number of hydrogen-bond donors (Lipinski definition) is 0. The maximum Gasteiger partial charge on any atom is 0.135 e. The fourth-order valence-corrected chi connectivity index (χ4v) is 3.65. The zero-order valence-corrected chi connectivity index (χ0v) is 14.2. The predicted molar refractivity (Wildman–Crippen MR) is 87.1 cm³/mol. The molecule has 3 rings (SSSR count). The van der Waals surface area contributed by atoms with Crippen LogP contribution in [0.4, 0.5) is 0 Å². The third kappa shape index (κ3) is 3.35. The molecule has 2 aromatic rings. The van der Waals surface area contributed by atoms with Crippen molar-refractivity contribution < 1.29 is 0 Å². The Morgan fingerprint density at radius 3 is 2.67 bits per heavy atom. The van der Waals surface area contributed by atoms with Crippen LogP contribution in [-0.4, -0.2) is 32.8 Å². The lowest BCUT2D eigenvalue weighted by atomic mass is 9.95. The molecule has 1 saturated heterocycles. The maximum absolute atomic E-state index is 4.26. The van der Waals surface area contributed by atoms with Crippen molar-refractivity contribution in [1.29, 1.82) is 0 Å². The van der Waals surface area contributed by atoms with Crippen molar-refractivity contribution >= 4 is 15.9 Å². The highest BCUT2D eigenvalue weighted by Gasteiger charge is 2.24. The molecular weight excluding hydrogens is 328 g/mol. The Morgan fingerprint density at radius 2 is 2.05 bits per heavy atom. The van der Waals surface area contributed by atoms with E-state index in [0.29, 0.717) is 5.92 Å². The molecule has 1 aliphatic heterocycles. The normalized spacial score (nSPS) is 17.3. The Hall–Kier alpha value is -1.20.